The molecule has 0 aliphatic carbocycles. The first kappa shape index (κ1) is 11.7. The van der Waals surface area contributed by atoms with Gasteiger partial charge in [0.05, 0.1) is 5.02 Å². The summed E-state index contributed by atoms with van der Waals surface area (Å²) in [5.74, 6) is 0.876. The Hall–Kier alpha value is -1.74. The molecule has 2 rings (SSSR count). The van der Waals surface area contributed by atoms with Gasteiger partial charge in [0.25, 0.3) is 0 Å². The smallest absolute Gasteiger partial charge is 0.126 e. The maximum absolute atomic E-state index is 9.54. The Labute approximate surface area is 105 Å². The Morgan fingerprint density at radius 2 is 2.18 bits per heavy atom. The van der Waals surface area contributed by atoms with E-state index in [9.17, 15) is 5.11 Å². The standard InChI is InChI=1S/C13H12ClNO2/c1-9-12(16)3-2-4-13(9)17-8-10-5-6-15-7-11(10)14/h2-7,16H,8H2,1H3. The fourth-order valence-electron chi connectivity index (χ4n) is 1.44. The fraction of sp³-hybridized carbons (Fsp3) is 0.154. The second kappa shape index (κ2) is 5.06. The first-order chi connectivity index (χ1) is 8.18. The van der Waals surface area contributed by atoms with E-state index >= 15 is 0 Å². The van der Waals surface area contributed by atoms with E-state index in [-0.39, 0.29) is 5.75 Å². The normalized spacial score (nSPS) is 10.2. The van der Waals surface area contributed by atoms with Crippen molar-refractivity contribution in [2.24, 2.45) is 0 Å². The first-order valence-corrected chi connectivity index (χ1v) is 5.56. The van der Waals surface area contributed by atoms with Gasteiger partial charge in [-0.1, -0.05) is 17.7 Å². The van der Waals surface area contributed by atoms with E-state index in [4.69, 9.17) is 16.3 Å². The van der Waals surface area contributed by atoms with Crippen molar-refractivity contribution in [2.45, 2.75) is 13.5 Å². The topological polar surface area (TPSA) is 42.4 Å². The number of rotatable bonds is 3. The summed E-state index contributed by atoms with van der Waals surface area (Å²) in [6, 6.07) is 6.98. The summed E-state index contributed by atoms with van der Waals surface area (Å²) in [6.07, 6.45) is 3.25. The molecular formula is C13H12ClNO2. The fourth-order valence-corrected chi connectivity index (χ4v) is 1.61. The lowest BCUT2D eigenvalue weighted by Gasteiger charge is -2.10. The summed E-state index contributed by atoms with van der Waals surface area (Å²) < 4.78 is 5.61. The molecule has 0 aliphatic heterocycles. The van der Waals surface area contributed by atoms with Crippen LogP contribution in [-0.2, 0) is 6.61 Å². The maximum atomic E-state index is 9.54. The lowest BCUT2D eigenvalue weighted by molar-refractivity contribution is 0.302. The average Bonchev–Trinajstić information content (AvgIpc) is 2.33. The molecule has 1 heterocycles. The van der Waals surface area contributed by atoms with Crippen LogP contribution in [0.15, 0.2) is 36.7 Å². The van der Waals surface area contributed by atoms with Crippen molar-refractivity contribution in [2.75, 3.05) is 0 Å². The van der Waals surface area contributed by atoms with E-state index in [0.717, 1.165) is 11.1 Å². The monoisotopic (exact) mass is 249 g/mol. The molecule has 0 atom stereocenters. The average molecular weight is 250 g/mol. The SMILES string of the molecule is Cc1c(O)cccc1OCc1ccncc1Cl. The van der Waals surface area contributed by atoms with Crippen molar-refractivity contribution in [1.29, 1.82) is 0 Å². The van der Waals surface area contributed by atoms with Gasteiger partial charge in [0.2, 0.25) is 0 Å². The molecule has 0 fully saturated rings. The predicted molar refractivity (Wildman–Crippen MR) is 66.4 cm³/mol. The van der Waals surface area contributed by atoms with E-state index in [2.05, 4.69) is 4.98 Å². The van der Waals surface area contributed by atoms with Crippen molar-refractivity contribution in [3.8, 4) is 11.5 Å². The molecule has 88 valence electrons. The van der Waals surface area contributed by atoms with Crippen LogP contribution in [-0.4, -0.2) is 10.1 Å². The van der Waals surface area contributed by atoms with Gasteiger partial charge < -0.3 is 9.84 Å². The summed E-state index contributed by atoms with van der Waals surface area (Å²) in [5, 5.41) is 10.1. The summed E-state index contributed by atoms with van der Waals surface area (Å²) in [5.41, 5.74) is 1.59. The highest BCUT2D eigenvalue weighted by atomic mass is 35.5. The van der Waals surface area contributed by atoms with E-state index in [1.165, 1.54) is 0 Å². The van der Waals surface area contributed by atoms with Gasteiger partial charge in [-0.05, 0) is 25.1 Å². The number of hydrogen-bond donors (Lipinski definition) is 1. The van der Waals surface area contributed by atoms with Gasteiger partial charge >= 0.3 is 0 Å². The van der Waals surface area contributed by atoms with E-state index in [1.807, 2.05) is 6.07 Å². The summed E-state index contributed by atoms with van der Waals surface area (Å²) in [7, 11) is 0. The van der Waals surface area contributed by atoms with Gasteiger partial charge in [-0.15, -0.1) is 0 Å². The number of pyridine rings is 1. The maximum Gasteiger partial charge on any atom is 0.126 e. The Kier molecular flexibility index (Phi) is 3.49. The van der Waals surface area contributed by atoms with Crippen LogP contribution in [0.2, 0.25) is 5.02 Å². The van der Waals surface area contributed by atoms with Crippen molar-refractivity contribution < 1.29 is 9.84 Å². The third-order valence-corrected chi connectivity index (χ3v) is 2.84. The van der Waals surface area contributed by atoms with Crippen LogP contribution in [0.5, 0.6) is 11.5 Å². The molecule has 0 unspecified atom stereocenters. The lowest BCUT2D eigenvalue weighted by Crippen LogP contribution is -1.98. The van der Waals surface area contributed by atoms with E-state index < -0.39 is 0 Å². The van der Waals surface area contributed by atoms with Crippen LogP contribution < -0.4 is 4.74 Å². The number of hydrogen-bond acceptors (Lipinski definition) is 3. The predicted octanol–water partition coefficient (Wildman–Crippen LogP) is 3.33. The van der Waals surface area contributed by atoms with Gasteiger partial charge in [0.15, 0.2) is 0 Å². The zero-order valence-electron chi connectivity index (χ0n) is 9.35. The molecule has 0 saturated heterocycles. The molecular weight excluding hydrogens is 238 g/mol. The van der Waals surface area contributed by atoms with Crippen LogP contribution in [0, 0.1) is 6.92 Å². The number of aromatic nitrogens is 1. The molecule has 1 N–H and O–H groups in total. The molecule has 0 amide bonds. The largest absolute Gasteiger partial charge is 0.508 e. The minimum Gasteiger partial charge on any atom is -0.508 e. The molecule has 0 aliphatic rings. The molecule has 0 bridgehead atoms. The number of aromatic hydroxyl groups is 1. The minimum atomic E-state index is 0.225. The Bertz CT molecular complexity index is 529. The Morgan fingerprint density at radius 3 is 2.94 bits per heavy atom. The van der Waals surface area contributed by atoms with Gasteiger partial charge in [-0.3, -0.25) is 4.98 Å². The van der Waals surface area contributed by atoms with Crippen molar-refractivity contribution in [3.05, 3.63) is 52.8 Å². The van der Waals surface area contributed by atoms with Gasteiger partial charge in [0.1, 0.15) is 18.1 Å². The van der Waals surface area contributed by atoms with Gasteiger partial charge in [-0.25, -0.2) is 0 Å². The number of halogens is 1. The Morgan fingerprint density at radius 1 is 1.35 bits per heavy atom. The second-order valence-corrected chi connectivity index (χ2v) is 4.06. The van der Waals surface area contributed by atoms with Crippen LogP contribution in [0.4, 0.5) is 0 Å². The van der Waals surface area contributed by atoms with Crippen LogP contribution in [0.25, 0.3) is 0 Å². The highest BCUT2D eigenvalue weighted by Crippen LogP contribution is 2.27. The lowest BCUT2D eigenvalue weighted by atomic mass is 10.2. The molecule has 3 nitrogen and oxygen atoms in total. The second-order valence-electron chi connectivity index (χ2n) is 3.66. The molecule has 0 saturated carbocycles. The summed E-state index contributed by atoms with van der Waals surface area (Å²) >= 11 is 5.97. The van der Waals surface area contributed by atoms with Crippen molar-refractivity contribution in [1.82, 2.24) is 4.98 Å². The summed E-state index contributed by atoms with van der Waals surface area (Å²) in [6.45, 7) is 2.16. The van der Waals surface area contributed by atoms with Gasteiger partial charge in [0, 0.05) is 23.5 Å². The number of phenolic OH excluding ortho intramolecular Hbond substituents is 1. The first-order valence-electron chi connectivity index (χ1n) is 5.18. The van der Waals surface area contributed by atoms with E-state index in [1.54, 1.807) is 37.5 Å². The Balaban J connectivity index is 2.13. The van der Waals surface area contributed by atoms with Crippen LogP contribution >= 0.6 is 11.6 Å². The van der Waals surface area contributed by atoms with Gasteiger partial charge in [-0.2, -0.15) is 0 Å². The molecule has 17 heavy (non-hydrogen) atoms. The quantitative estimate of drug-likeness (QED) is 0.907. The van der Waals surface area contributed by atoms with Crippen LogP contribution in [0.1, 0.15) is 11.1 Å². The van der Waals surface area contributed by atoms with Crippen molar-refractivity contribution in [3.63, 3.8) is 0 Å². The summed E-state index contributed by atoms with van der Waals surface area (Å²) in [4.78, 5) is 3.90. The number of ether oxygens (including phenoxy) is 1. The third kappa shape index (κ3) is 2.68. The molecule has 1 aromatic heterocycles. The zero-order valence-corrected chi connectivity index (χ0v) is 10.1. The highest BCUT2D eigenvalue weighted by Gasteiger charge is 2.05. The van der Waals surface area contributed by atoms with E-state index in [0.29, 0.717) is 17.4 Å². The molecule has 0 spiro atoms. The van der Waals surface area contributed by atoms with Crippen molar-refractivity contribution >= 4 is 11.6 Å². The third-order valence-electron chi connectivity index (χ3n) is 2.50. The molecule has 4 heteroatoms. The number of phenols is 1. The molecule has 1 aromatic carbocycles. The minimum absolute atomic E-state index is 0.225. The van der Waals surface area contributed by atoms with Crippen LogP contribution in [0.3, 0.4) is 0 Å². The molecule has 2 aromatic rings. The zero-order chi connectivity index (χ0) is 12.3. The molecule has 0 radical (unpaired) electrons. The number of nitrogens with zero attached hydrogens (tertiary/aromatic N) is 1. The highest BCUT2D eigenvalue weighted by molar-refractivity contribution is 6.31. The number of benzene rings is 1.